The van der Waals surface area contributed by atoms with Crippen molar-refractivity contribution in [2.75, 3.05) is 26.1 Å². The quantitative estimate of drug-likeness (QED) is 0.766. The van der Waals surface area contributed by atoms with Gasteiger partial charge < -0.3 is 15.0 Å². The van der Waals surface area contributed by atoms with Gasteiger partial charge in [-0.15, -0.1) is 11.6 Å². The minimum atomic E-state index is 0.0204. The van der Waals surface area contributed by atoms with E-state index in [1.807, 2.05) is 29.2 Å². The minimum Gasteiger partial charge on any atom is -0.497 e. The van der Waals surface area contributed by atoms with Gasteiger partial charge in [-0.3, -0.25) is 9.59 Å². The van der Waals surface area contributed by atoms with Crippen LogP contribution in [0.25, 0.3) is 0 Å². The molecule has 1 fully saturated rings. The molecule has 0 aliphatic carbocycles. The number of methoxy groups -OCH3 is 1. The van der Waals surface area contributed by atoms with Crippen LogP contribution in [0, 0.1) is 0 Å². The number of likely N-dealkylation sites (tertiary alicyclic amines) is 1. The molecule has 0 bridgehead atoms. The molecule has 132 valence electrons. The Bertz CT molecular complexity index is 540. The van der Waals surface area contributed by atoms with Crippen LogP contribution in [0.1, 0.15) is 31.2 Å². The Morgan fingerprint density at radius 1 is 1.25 bits per heavy atom. The van der Waals surface area contributed by atoms with Gasteiger partial charge in [0.2, 0.25) is 11.8 Å². The van der Waals surface area contributed by atoms with Crippen LogP contribution in [-0.4, -0.2) is 48.8 Å². The standard InChI is InChI=1S/C18H25ClN2O3/c1-24-16-6-4-14(5-7-16)13-17(22)20-15-8-11-21(12-9-15)18(23)3-2-10-19/h4-7,15H,2-3,8-13H2,1H3,(H,20,22). The van der Waals surface area contributed by atoms with Crippen LogP contribution in [0.15, 0.2) is 24.3 Å². The number of halogens is 1. The summed E-state index contributed by atoms with van der Waals surface area (Å²) in [5, 5.41) is 3.07. The van der Waals surface area contributed by atoms with Crippen molar-refractivity contribution in [1.29, 1.82) is 0 Å². The molecule has 1 aliphatic rings. The molecular formula is C18H25ClN2O3. The fraction of sp³-hybridized carbons (Fsp3) is 0.556. The molecule has 1 aromatic carbocycles. The van der Waals surface area contributed by atoms with Gasteiger partial charge in [-0.2, -0.15) is 0 Å². The number of nitrogens with one attached hydrogen (secondary N) is 1. The van der Waals surface area contributed by atoms with Gasteiger partial charge in [-0.25, -0.2) is 0 Å². The fourth-order valence-electron chi connectivity index (χ4n) is 2.86. The van der Waals surface area contributed by atoms with Crippen molar-refractivity contribution in [1.82, 2.24) is 10.2 Å². The largest absolute Gasteiger partial charge is 0.497 e. The maximum absolute atomic E-state index is 12.2. The van der Waals surface area contributed by atoms with Crippen LogP contribution in [0.3, 0.4) is 0 Å². The highest BCUT2D eigenvalue weighted by atomic mass is 35.5. The van der Waals surface area contributed by atoms with E-state index in [2.05, 4.69) is 5.32 Å². The molecule has 0 unspecified atom stereocenters. The molecule has 0 spiro atoms. The van der Waals surface area contributed by atoms with Gasteiger partial charge in [-0.1, -0.05) is 12.1 Å². The highest BCUT2D eigenvalue weighted by Crippen LogP contribution is 2.14. The zero-order valence-electron chi connectivity index (χ0n) is 14.1. The Hall–Kier alpha value is -1.75. The highest BCUT2D eigenvalue weighted by Gasteiger charge is 2.23. The van der Waals surface area contributed by atoms with Crippen molar-refractivity contribution in [3.63, 3.8) is 0 Å². The predicted octanol–water partition coefficient (Wildman–Crippen LogP) is 2.36. The van der Waals surface area contributed by atoms with E-state index in [-0.39, 0.29) is 17.9 Å². The van der Waals surface area contributed by atoms with Crippen molar-refractivity contribution in [2.45, 2.75) is 38.1 Å². The Morgan fingerprint density at radius 2 is 1.92 bits per heavy atom. The van der Waals surface area contributed by atoms with E-state index in [0.29, 0.717) is 31.8 Å². The lowest BCUT2D eigenvalue weighted by Gasteiger charge is -2.32. The second kappa shape index (κ2) is 9.52. The number of amides is 2. The summed E-state index contributed by atoms with van der Waals surface area (Å²) in [6.07, 6.45) is 3.21. The van der Waals surface area contributed by atoms with Crippen LogP contribution >= 0.6 is 11.6 Å². The summed E-state index contributed by atoms with van der Waals surface area (Å²) in [7, 11) is 1.62. The van der Waals surface area contributed by atoms with E-state index in [0.717, 1.165) is 30.6 Å². The number of ether oxygens (including phenoxy) is 1. The number of benzene rings is 1. The zero-order chi connectivity index (χ0) is 17.4. The number of piperidine rings is 1. The number of carbonyl (C=O) groups is 2. The molecular weight excluding hydrogens is 328 g/mol. The van der Waals surface area contributed by atoms with E-state index in [1.54, 1.807) is 7.11 Å². The number of hydrogen-bond donors (Lipinski definition) is 1. The van der Waals surface area contributed by atoms with Crippen LogP contribution in [0.4, 0.5) is 0 Å². The van der Waals surface area contributed by atoms with Gasteiger partial charge in [0.25, 0.3) is 0 Å². The van der Waals surface area contributed by atoms with Gasteiger partial charge >= 0.3 is 0 Å². The Labute approximate surface area is 148 Å². The van der Waals surface area contributed by atoms with Gasteiger partial charge in [0, 0.05) is 31.4 Å². The highest BCUT2D eigenvalue weighted by molar-refractivity contribution is 6.17. The second-order valence-corrected chi connectivity index (χ2v) is 6.42. The molecule has 1 N–H and O–H groups in total. The molecule has 6 heteroatoms. The topological polar surface area (TPSA) is 58.6 Å². The summed E-state index contributed by atoms with van der Waals surface area (Å²) in [5.41, 5.74) is 0.960. The lowest BCUT2D eigenvalue weighted by atomic mass is 10.0. The first kappa shape index (κ1) is 18.6. The number of alkyl halides is 1. The van der Waals surface area contributed by atoms with Crippen LogP contribution < -0.4 is 10.1 Å². The third-order valence-corrected chi connectivity index (χ3v) is 4.53. The van der Waals surface area contributed by atoms with Crippen molar-refractivity contribution < 1.29 is 14.3 Å². The third kappa shape index (κ3) is 5.71. The second-order valence-electron chi connectivity index (χ2n) is 6.04. The molecule has 1 aromatic rings. The van der Waals surface area contributed by atoms with Crippen LogP contribution in [-0.2, 0) is 16.0 Å². The number of rotatable bonds is 7. The molecule has 2 amide bonds. The molecule has 24 heavy (non-hydrogen) atoms. The maximum Gasteiger partial charge on any atom is 0.224 e. The lowest BCUT2D eigenvalue weighted by Crippen LogP contribution is -2.46. The average Bonchev–Trinajstić information content (AvgIpc) is 2.61. The molecule has 0 saturated carbocycles. The first-order valence-electron chi connectivity index (χ1n) is 8.38. The summed E-state index contributed by atoms with van der Waals surface area (Å²) in [5.74, 6) is 1.49. The van der Waals surface area contributed by atoms with E-state index in [1.165, 1.54) is 0 Å². The van der Waals surface area contributed by atoms with Crippen LogP contribution in [0.5, 0.6) is 5.75 Å². The van der Waals surface area contributed by atoms with E-state index < -0.39 is 0 Å². The summed E-state index contributed by atoms with van der Waals surface area (Å²) >= 11 is 5.62. The average molecular weight is 353 g/mol. The summed E-state index contributed by atoms with van der Waals surface area (Å²) < 4.78 is 5.11. The molecule has 1 heterocycles. The fourth-order valence-corrected chi connectivity index (χ4v) is 2.99. The Morgan fingerprint density at radius 3 is 2.50 bits per heavy atom. The Kier molecular flexibility index (Phi) is 7.37. The number of carbonyl (C=O) groups excluding carboxylic acids is 2. The number of hydrogen-bond acceptors (Lipinski definition) is 3. The molecule has 1 saturated heterocycles. The van der Waals surface area contributed by atoms with Gasteiger partial charge in [0.1, 0.15) is 5.75 Å². The summed E-state index contributed by atoms with van der Waals surface area (Å²) in [6, 6.07) is 7.65. The van der Waals surface area contributed by atoms with E-state index in [4.69, 9.17) is 16.3 Å². The first-order valence-corrected chi connectivity index (χ1v) is 8.92. The predicted molar refractivity (Wildman–Crippen MR) is 94.4 cm³/mol. The SMILES string of the molecule is COc1ccc(CC(=O)NC2CCN(C(=O)CCCCl)CC2)cc1. The maximum atomic E-state index is 12.2. The monoisotopic (exact) mass is 352 g/mol. The van der Waals surface area contributed by atoms with Gasteiger partial charge in [0.05, 0.1) is 13.5 Å². The van der Waals surface area contributed by atoms with E-state index in [9.17, 15) is 9.59 Å². The van der Waals surface area contributed by atoms with Crippen LogP contribution in [0.2, 0.25) is 0 Å². The van der Waals surface area contributed by atoms with Crippen molar-refractivity contribution in [3.05, 3.63) is 29.8 Å². The molecule has 0 radical (unpaired) electrons. The van der Waals surface area contributed by atoms with Gasteiger partial charge in [0.15, 0.2) is 0 Å². The van der Waals surface area contributed by atoms with Crippen molar-refractivity contribution in [3.8, 4) is 5.75 Å². The van der Waals surface area contributed by atoms with E-state index >= 15 is 0 Å². The van der Waals surface area contributed by atoms with Crippen molar-refractivity contribution >= 4 is 23.4 Å². The summed E-state index contributed by atoms with van der Waals surface area (Å²) in [6.45, 7) is 1.41. The molecule has 2 rings (SSSR count). The van der Waals surface area contributed by atoms with Gasteiger partial charge in [-0.05, 0) is 37.0 Å². The molecule has 0 atom stereocenters. The summed E-state index contributed by atoms with van der Waals surface area (Å²) in [4.78, 5) is 26.0. The zero-order valence-corrected chi connectivity index (χ0v) is 14.8. The molecule has 0 aromatic heterocycles. The lowest BCUT2D eigenvalue weighted by molar-refractivity contribution is -0.132. The third-order valence-electron chi connectivity index (χ3n) is 4.26. The normalized spacial score (nSPS) is 15.2. The van der Waals surface area contributed by atoms with Crippen molar-refractivity contribution in [2.24, 2.45) is 0 Å². The molecule has 5 nitrogen and oxygen atoms in total. The molecule has 1 aliphatic heterocycles. The minimum absolute atomic E-state index is 0.0204. The Balaban J connectivity index is 1.72. The smallest absolute Gasteiger partial charge is 0.224 e. The first-order chi connectivity index (χ1) is 11.6. The number of nitrogens with zero attached hydrogens (tertiary/aromatic N) is 1.